The number of azide groups is 2. The molecule has 2 rings (SSSR count). The van der Waals surface area contributed by atoms with E-state index in [0.29, 0.717) is 24.0 Å². The quantitative estimate of drug-likeness (QED) is 0.0802. The van der Waals surface area contributed by atoms with Crippen molar-refractivity contribution < 1.29 is 34.4 Å². The van der Waals surface area contributed by atoms with Gasteiger partial charge in [0.2, 0.25) is 0 Å². The van der Waals surface area contributed by atoms with E-state index in [1.807, 2.05) is 67.2 Å². The van der Waals surface area contributed by atoms with Crippen LogP contribution in [0.2, 0.25) is 0 Å². The maximum absolute atomic E-state index is 13.6. The zero-order valence-electron chi connectivity index (χ0n) is 26.5. The second-order valence-corrected chi connectivity index (χ2v) is 9.92. The summed E-state index contributed by atoms with van der Waals surface area (Å²) in [5.74, 6) is -4.99. The highest BCUT2D eigenvalue weighted by Gasteiger charge is 2.24. The predicted molar refractivity (Wildman–Crippen MR) is 305 cm³/mol. The molecule has 0 unspecified atom stereocenters. The molecule has 0 atom stereocenters. The van der Waals surface area contributed by atoms with Gasteiger partial charge in [0, 0.05) is 18.9 Å². The third-order valence-corrected chi connectivity index (χ3v) is 6.79. The van der Waals surface area contributed by atoms with Gasteiger partial charge in [-0.25, -0.2) is 34.4 Å². The average molecular weight is 994 g/mol. The molecule has 10 nitrogen and oxygen atoms in total. The third-order valence-electron chi connectivity index (χ3n) is 4.40. The Bertz CT molecular complexity index is 1360. The Morgan fingerprint density at radius 3 is 0.797 bits per heavy atom. The van der Waals surface area contributed by atoms with Gasteiger partial charge in [-0.3, -0.25) is 0 Å². The molecule has 2 aromatic carbocycles. The number of benzene rings is 2. The summed E-state index contributed by atoms with van der Waals surface area (Å²) < 4.78 is 104. The Kier molecular flexibility index (Phi) is 261. The Balaban J connectivity index is -0.0000000139. The zero-order valence-corrected chi connectivity index (χ0v) is 28.1. The van der Waals surface area contributed by atoms with Crippen molar-refractivity contribution in [1.29, 1.82) is 0 Å². The minimum Gasteiger partial charge on any atom is -0.216 e. The van der Waals surface area contributed by atoms with E-state index in [2.05, 4.69) is 14.0 Å². The second-order valence-electron chi connectivity index (χ2n) is 6.88. The summed E-state index contributed by atoms with van der Waals surface area (Å²) in [6.45, 7) is 19.7. The number of halogens is 4. The number of aryl methyl sites for hydroxylation is 2. The first-order chi connectivity index (χ1) is 20.3. The van der Waals surface area contributed by atoms with Crippen molar-refractivity contribution in [3.63, 3.8) is 0 Å². The van der Waals surface area contributed by atoms with Crippen LogP contribution in [0.5, 0.6) is 0 Å². The van der Waals surface area contributed by atoms with Gasteiger partial charge in [0.1, 0.15) is 33.1 Å². The lowest BCUT2D eigenvalue weighted by atomic mass is 10.1. The van der Waals surface area contributed by atoms with E-state index < -0.39 is 53.1 Å². The molecule has 0 saturated heterocycles. The van der Waals surface area contributed by atoms with Gasteiger partial charge < -0.3 is 0 Å². The molecule has 414 valence electrons. The highest BCUT2D eigenvalue weighted by atomic mass is 32.2. The molecule has 0 amide bonds. The van der Waals surface area contributed by atoms with Gasteiger partial charge >= 0.3 is 0 Å². The first kappa shape index (κ1) is 170. The summed E-state index contributed by atoms with van der Waals surface area (Å²) in [6.07, 6.45) is 3.47. The average Bonchev–Trinajstić information content (AvgIpc) is 2.96. The maximum atomic E-state index is 13.6. The molecule has 0 saturated carbocycles. The molecule has 0 bridgehead atoms. The molecular formula is C48H128F4N6O4S2. The standard InChI is InChI=1S/C11H13F2N3O2S.C8H7F2N3O2S.4C2H6.21CH4/c1-2-3-4-5-8-6-9(12)11(10(13)7-8)19(17,18)16-15-14;1-2-5-3-6(9)8(7(10)4-5)16(14,15)13-12-11;4*1-2;;;;;;;;;;;;;;;;;;;;;/h6-7H,2-5H2,1H3;3-4H,2H2,1H3;4*1-2H3;21*1H4. The van der Waals surface area contributed by atoms with Crippen molar-refractivity contribution in [3.8, 4) is 0 Å². The Morgan fingerprint density at radius 1 is 0.422 bits per heavy atom. The van der Waals surface area contributed by atoms with Crippen molar-refractivity contribution in [3.05, 3.63) is 79.5 Å². The summed E-state index contributed by atoms with van der Waals surface area (Å²) >= 11 is 0. The van der Waals surface area contributed by atoms with Crippen LogP contribution in [0.25, 0.3) is 20.9 Å². The molecule has 0 aliphatic heterocycles. The normalized spacial score (nSPS) is 6.41. The Labute approximate surface area is 408 Å². The zero-order chi connectivity index (χ0) is 34.8. The van der Waals surface area contributed by atoms with Crippen LogP contribution in [0.1, 0.15) is 256 Å². The minimum atomic E-state index is -4.66. The van der Waals surface area contributed by atoms with Crippen LogP contribution in [-0.2, 0) is 32.9 Å². The summed E-state index contributed by atoms with van der Waals surface area (Å²) in [5, 5.41) is 0. The number of sulfonamides is 2. The van der Waals surface area contributed by atoms with E-state index in [9.17, 15) is 34.4 Å². The number of hydrogen-bond acceptors (Lipinski definition) is 4. The van der Waals surface area contributed by atoms with Gasteiger partial charge in [-0.15, -0.1) is 0 Å². The van der Waals surface area contributed by atoms with Crippen LogP contribution in [0, 0.1) is 23.3 Å². The number of unbranched alkanes of at least 4 members (excludes halogenated alkanes) is 2. The lowest BCUT2D eigenvalue weighted by Crippen LogP contribution is -2.04. The first-order valence-corrected chi connectivity index (χ1v) is 16.8. The Morgan fingerprint density at radius 2 is 0.625 bits per heavy atom. The Hall–Kier alpha value is -3.32. The molecule has 0 N–H and O–H groups in total. The summed E-state index contributed by atoms with van der Waals surface area (Å²) in [4.78, 5) is 1.64. The molecule has 64 heavy (non-hydrogen) atoms. The SMILES string of the molecule is C.C.C.C.C.C.C.C.C.C.C.C.C.C.C.C.C.C.C.C.C.CC.CC.CC.CC.CCCCCc1cc(F)c(S(=O)(=O)N=[N+]=[N-])c(F)c1.CCc1cc(F)c(S(=O)(=O)N=[N+]=[N-])c(F)c1. The molecule has 0 fully saturated rings. The molecule has 16 heteroatoms. The van der Waals surface area contributed by atoms with Crippen LogP contribution in [0.15, 0.2) is 43.1 Å². The van der Waals surface area contributed by atoms with E-state index in [1.165, 1.54) is 0 Å². The molecule has 0 aliphatic carbocycles. The van der Waals surface area contributed by atoms with Crippen molar-refractivity contribution in [2.75, 3.05) is 0 Å². The predicted octanol–water partition coefficient (Wildman–Crippen LogP) is 23.7. The second kappa shape index (κ2) is 98.5. The lowest BCUT2D eigenvalue weighted by molar-refractivity contribution is 0.515. The van der Waals surface area contributed by atoms with Crippen LogP contribution in [0.4, 0.5) is 17.6 Å². The maximum Gasteiger partial charge on any atom is 0.270 e. The lowest BCUT2D eigenvalue weighted by Gasteiger charge is -2.06. The molecule has 0 radical (unpaired) electrons. The summed E-state index contributed by atoms with van der Waals surface area (Å²) in [6, 6.07) is 3.70. The van der Waals surface area contributed by atoms with Crippen LogP contribution in [-0.4, -0.2) is 16.8 Å². The largest absolute Gasteiger partial charge is 0.270 e. The van der Waals surface area contributed by atoms with Crippen molar-refractivity contribution in [2.45, 2.75) is 267 Å². The third kappa shape index (κ3) is 63.0. The minimum absolute atomic E-state index is 0. The van der Waals surface area contributed by atoms with Gasteiger partial charge in [-0.05, 0) is 65.7 Å². The van der Waals surface area contributed by atoms with E-state index in [0.717, 1.165) is 43.5 Å². The van der Waals surface area contributed by atoms with Crippen LogP contribution < -0.4 is 0 Å². The fourth-order valence-corrected chi connectivity index (χ4v) is 4.40. The fraction of sp³-hybridized carbons (Fsp3) is 0.750. The molecule has 0 spiro atoms. The highest BCUT2D eigenvalue weighted by Crippen LogP contribution is 2.24. The van der Waals surface area contributed by atoms with Gasteiger partial charge in [-0.2, -0.15) is 0 Å². The smallest absolute Gasteiger partial charge is 0.216 e. The van der Waals surface area contributed by atoms with Crippen LogP contribution in [0.3, 0.4) is 0 Å². The van der Waals surface area contributed by atoms with E-state index in [1.54, 1.807) is 6.92 Å². The van der Waals surface area contributed by atoms with Crippen molar-refractivity contribution >= 4 is 20.0 Å². The van der Waals surface area contributed by atoms with Gasteiger partial charge in [0.05, 0.1) is 0 Å². The number of hydrogen-bond donors (Lipinski definition) is 0. The van der Waals surface area contributed by atoms with Crippen LogP contribution >= 0.6 is 0 Å². The highest BCUT2D eigenvalue weighted by molar-refractivity contribution is 7.90. The van der Waals surface area contributed by atoms with Crippen molar-refractivity contribution in [1.82, 2.24) is 0 Å². The van der Waals surface area contributed by atoms with Crippen molar-refractivity contribution in [2.24, 2.45) is 9.04 Å². The number of rotatable bonds is 9. The molecule has 0 heterocycles. The molecular weight excluding hydrogens is 865 g/mol. The summed E-state index contributed by atoms with van der Waals surface area (Å²) in [7, 11) is -9.29. The van der Waals surface area contributed by atoms with Gasteiger partial charge in [0.25, 0.3) is 20.0 Å². The summed E-state index contributed by atoms with van der Waals surface area (Å²) in [5.41, 5.74) is 16.7. The van der Waals surface area contributed by atoms with E-state index in [-0.39, 0.29) is 156 Å². The fourth-order valence-electron chi connectivity index (χ4n) is 2.82. The molecule has 0 aromatic heterocycles. The van der Waals surface area contributed by atoms with E-state index in [4.69, 9.17) is 11.1 Å². The monoisotopic (exact) mass is 993 g/mol. The van der Waals surface area contributed by atoms with Gasteiger partial charge in [0.15, 0.2) is 0 Å². The molecule has 0 aliphatic rings. The van der Waals surface area contributed by atoms with Gasteiger partial charge in [-0.1, -0.05) is 238 Å². The number of nitrogens with zero attached hydrogens (tertiary/aromatic N) is 6. The van der Waals surface area contributed by atoms with E-state index >= 15 is 0 Å². The topological polar surface area (TPSA) is 166 Å². The molecule has 2 aromatic rings. The first-order valence-electron chi connectivity index (χ1n) is 13.9.